The predicted molar refractivity (Wildman–Crippen MR) is 85.9 cm³/mol. The lowest BCUT2D eigenvalue weighted by Gasteiger charge is -2.11. The normalized spacial score (nSPS) is 11.0. The highest BCUT2D eigenvalue weighted by Crippen LogP contribution is 2.30. The number of aryl methyl sites for hydroxylation is 1. The Morgan fingerprint density at radius 2 is 1.90 bits per heavy atom. The number of hydrogen-bond donors (Lipinski definition) is 1. The molecule has 4 heteroatoms. The van der Waals surface area contributed by atoms with Gasteiger partial charge in [0.05, 0.1) is 5.69 Å². The Morgan fingerprint density at radius 3 is 2.71 bits per heavy atom. The lowest BCUT2D eigenvalue weighted by Crippen LogP contribution is -2.05. The SMILES string of the molecule is CCCc1nc(N)c(C)c(-c2cncc3ccccc23)n1. The number of anilines is 1. The Bertz CT molecular complexity index is 791. The smallest absolute Gasteiger partial charge is 0.131 e. The molecule has 0 bridgehead atoms. The van der Waals surface area contributed by atoms with Crippen LogP contribution in [0.5, 0.6) is 0 Å². The minimum atomic E-state index is 0.552. The number of nitrogen functional groups attached to an aromatic ring is 1. The van der Waals surface area contributed by atoms with Gasteiger partial charge in [0.25, 0.3) is 0 Å². The molecule has 0 aliphatic carbocycles. The molecule has 2 N–H and O–H groups in total. The second-order valence-electron chi connectivity index (χ2n) is 5.16. The average molecular weight is 278 g/mol. The molecule has 0 unspecified atom stereocenters. The first-order chi connectivity index (χ1) is 10.2. The van der Waals surface area contributed by atoms with Crippen molar-refractivity contribution in [1.29, 1.82) is 0 Å². The van der Waals surface area contributed by atoms with Crippen molar-refractivity contribution in [3.63, 3.8) is 0 Å². The van der Waals surface area contributed by atoms with Gasteiger partial charge in [-0.15, -0.1) is 0 Å². The summed E-state index contributed by atoms with van der Waals surface area (Å²) in [4.78, 5) is 13.4. The van der Waals surface area contributed by atoms with Crippen LogP contribution in [0.3, 0.4) is 0 Å². The summed E-state index contributed by atoms with van der Waals surface area (Å²) >= 11 is 0. The maximum Gasteiger partial charge on any atom is 0.131 e. The van der Waals surface area contributed by atoms with Gasteiger partial charge in [-0.3, -0.25) is 4.98 Å². The van der Waals surface area contributed by atoms with Gasteiger partial charge in [-0.25, -0.2) is 9.97 Å². The Morgan fingerprint density at radius 1 is 1.10 bits per heavy atom. The molecule has 4 nitrogen and oxygen atoms in total. The standard InChI is InChI=1S/C17H18N4/c1-3-6-15-20-16(11(2)17(18)21-15)14-10-19-9-12-7-4-5-8-13(12)14/h4-5,7-10H,3,6H2,1-2H3,(H2,18,20,21). The molecule has 0 spiro atoms. The van der Waals surface area contributed by atoms with Crippen LogP contribution in [0.25, 0.3) is 22.0 Å². The number of pyridine rings is 1. The van der Waals surface area contributed by atoms with Crippen molar-refractivity contribution >= 4 is 16.6 Å². The van der Waals surface area contributed by atoms with E-state index in [2.05, 4.69) is 29.0 Å². The van der Waals surface area contributed by atoms with Gasteiger partial charge in [0.2, 0.25) is 0 Å². The second kappa shape index (κ2) is 5.48. The monoisotopic (exact) mass is 278 g/mol. The number of aromatic nitrogens is 3. The molecule has 1 aromatic carbocycles. The molecule has 21 heavy (non-hydrogen) atoms. The quantitative estimate of drug-likeness (QED) is 0.796. The third kappa shape index (κ3) is 2.44. The molecule has 0 amide bonds. The van der Waals surface area contributed by atoms with Crippen LogP contribution < -0.4 is 5.73 Å². The molecule has 0 fully saturated rings. The second-order valence-corrected chi connectivity index (χ2v) is 5.16. The van der Waals surface area contributed by atoms with Gasteiger partial charge in [-0.2, -0.15) is 0 Å². The maximum atomic E-state index is 6.06. The van der Waals surface area contributed by atoms with Crippen molar-refractivity contribution in [3.8, 4) is 11.3 Å². The molecule has 106 valence electrons. The molecule has 3 rings (SSSR count). The van der Waals surface area contributed by atoms with Crippen molar-refractivity contribution in [3.05, 3.63) is 48.0 Å². The summed E-state index contributed by atoms with van der Waals surface area (Å²) in [7, 11) is 0. The molecule has 2 aromatic heterocycles. The zero-order valence-electron chi connectivity index (χ0n) is 12.3. The third-order valence-electron chi connectivity index (χ3n) is 3.63. The predicted octanol–water partition coefficient (Wildman–Crippen LogP) is 3.53. The largest absolute Gasteiger partial charge is 0.383 e. The highest BCUT2D eigenvalue weighted by molar-refractivity contribution is 5.95. The first-order valence-corrected chi connectivity index (χ1v) is 7.16. The van der Waals surface area contributed by atoms with Crippen LogP contribution >= 0.6 is 0 Å². The summed E-state index contributed by atoms with van der Waals surface area (Å²) in [6.45, 7) is 4.07. The average Bonchev–Trinajstić information content (AvgIpc) is 2.50. The van der Waals surface area contributed by atoms with Crippen LogP contribution in [-0.4, -0.2) is 15.0 Å². The van der Waals surface area contributed by atoms with Crippen molar-refractivity contribution < 1.29 is 0 Å². The summed E-state index contributed by atoms with van der Waals surface area (Å²) in [5, 5.41) is 2.24. The van der Waals surface area contributed by atoms with Crippen molar-refractivity contribution in [1.82, 2.24) is 15.0 Å². The van der Waals surface area contributed by atoms with Gasteiger partial charge in [0.1, 0.15) is 11.6 Å². The van der Waals surface area contributed by atoms with Gasteiger partial charge < -0.3 is 5.73 Å². The van der Waals surface area contributed by atoms with Crippen LogP contribution in [0.15, 0.2) is 36.7 Å². The van der Waals surface area contributed by atoms with E-state index in [-0.39, 0.29) is 0 Å². The Kier molecular flexibility index (Phi) is 3.52. The minimum Gasteiger partial charge on any atom is -0.383 e. The summed E-state index contributed by atoms with van der Waals surface area (Å²) in [6.07, 6.45) is 5.55. The Labute approximate surface area is 124 Å². The van der Waals surface area contributed by atoms with Crippen LogP contribution in [-0.2, 0) is 6.42 Å². The number of hydrogen-bond acceptors (Lipinski definition) is 4. The fourth-order valence-electron chi connectivity index (χ4n) is 2.48. The van der Waals surface area contributed by atoms with Gasteiger partial charge in [0, 0.05) is 35.3 Å². The zero-order chi connectivity index (χ0) is 14.8. The van der Waals surface area contributed by atoms with E-state index in [9.17, 15) is 0 Å². The summed E-state index contributed by atoms with van der Waals surface area (Å²) in [5.41, 5.74) is 8.87. The van der Waals surface area contributed by atoms with E-state index in [1.54, 1.807) is 0 Å². The van der Waals surface area contributed by atoms with Crippen LogP contribution in [0.2, 0.25) is 0 Å². The molecule has 2 heterocycles. The molecule has 0 atom stereocenters. The van der Waals surface area contributed by atoms with E-state index in [4.69, 9.17) is 10.7 Å². The number of rotatable bonds is 3. The summed E-state index contributed by atoms with van der Waals surface area (Å²) < 4.78 is 0. The number of benzene rings is 1. The minimum absolute atomic E-state index is 0.552. The van der Waals surface area contributed by atoms with Gasteiger partial charge in [-0.1, -0.05) is 31.2 Å². The van der Waals surface area contributed by atoms with Gasteiger partial charge in [-0.05, 0) is 18.7 Å². The highest BCUT2D eigenvalue weighted by Gasteiger charge is 2.13. The first kappa shape index (κ1) is 13.5. The number of nitrogens with two attached hydrogens (primary N) is 1. The van der Waals surface area contributed by atoms with Crippen LogP contribution in [0.4, 0.5) is 5.82 Å². The number of fused-ring (bicyclic) bond motifs is 1. The summed E-state index contributed by atoms with van der Waals surface area (Å²) in [5.74, 6) is 1.35. The van der Waals surface area contributed by atoms with Crippen molar-refractivity contribution in [2.24, 2.45) is 0 Å². The van der Waals surface area contributed by atoms with Crippen molar-refractivity contribution in [2.45, 2.75) is 26.7 Å². The van der Waals surface area contributed by atoms with E-state index < -0.39 is 0 Å². The van der Waals surface area contributed by atoms with Crippen LogP contribution in [0, 0.1) is 6.92 Å². The molecule has 3 aromatic rings. The molecule has 0 aliphatic rings. The first-order valence-electron chi connectivity index (χ1n) is 7.16. The number of nitrogens with zero attached hydrogens (tertiary/aromatic N) is 3. The fraction of sp³-hybridized carbons (Fsp3) is 0.235. The Hall–Kier alpha value is -2.49. The van der Waals surface area contributed by atoms with Crippen LogP contribution in [0.1, 0.15) is 24.7 Å². The maximum absolute atomic E-state index is 6.06. The molecular weight excluding hydrogens is 260 g/mol. The van der Waals surface area contributed by atoms with Gasteiger partial charge >= 0.3 is 0 Å². The van der Waals surface area contributed by atoms with E-state index in [0.29, 0.717) is 5.82 Å². The summed E-state index contributed by atoms with van der Waals surface area (Å²) in [6, 6.07) is 8.18. The topological polar surface area (TPSA) is 64.7 Å². The molecule has 0 radical (unpaired) electrons. The Balaban J connectivity index is 2.27. The zero-order valence-corrected chi connectivity index (χ0v) is 12.3. The van der Waals surface area contributed by atoms with E-state index in [0.717, 1.165) is 46.3 Å². The lowest BCUT2D eigenvalue weighted by molar-refractivity contribution is 0.836. The van der Waals surface area contributed by atoms with E-state index in [1.807, 2.05) is 31.5 Å². The lowest BCUT2D eigenvalue weighted by atomic mass is 10.0. The van der Waals surface area contributed by atoms with E-state index in [1.165, 1.54) is 0 Å². The molecule has 0 saturated carbocycles. The highest BCUT2D eigenvalue weighted by atomic mass is 15.0. The van der Waals surface area contributed by atoms with Crippen molar-refractivity contribution in [2.75, 3.05) is 5.73 Å². The van der Waals surface area contributed by atoms with E-state index >= 15 is 0 Å². The third-order valence-corrected chi connectivity index (χ3v) is 3.63. The molecule has 0 saturated heterocycles. The molecular formula is C17H18N4. The molecule has 0 aliphatic heterocycles. The fourth-order valence-corrected chi connectivity index (χ4v) is 2.48. The van der Waals surface area contributed by atoms with Gasteiger partial charge in [0.15, 0.2) is 0 Å².